The molecule has 2 aromatic rings. The maximum atomic E-state index is 11.2. The van der Waals surface area contributed by atoms with E-state index in [1.54, 1.807) is 29.4 Å². The third-order valence-electron chi connectivity index (χ3n) is 2.08. The number of hydrogen-bond acceptors (Lipinski definition) is 6. The summed E-state index contributed by atoms with van der Waals surface area (Å²) in [6, 6.07) is 7.37. The van der Waals surface area contributed by atoms with E-state index in [0.29, 0.717) is 5.56 Å². The summed E-state index contributed by atoms with van der Waals surface area (Å²) in [5, 5.41) is 7.72. The molecule has 0 amide bonds. The van der Waals surface area contributed by atoms with E-state index in [1.165, 1.54) is 18.4 Å². The fraction of sp³-hybridized carbons (Fsp3) is 0.182. The zero-order chi connectivity index (χ0) is 12.1. The van der Waals surface area contributed by atoms with Crippen molar-refractivity contribution >= 4 is 29.1 Å². The van der Waals surface area contributed by atoms with Crippen molar-refractivity contribution in [2.24, 2.45) is 0 Å². The second-order valence-electron chi connectivity index (χ2n) is 3.18. The minimum atomic E-state index is -0.312. The highest BCUT2D eigenvalue weighted by Gasteiger charge is 2.05. The normalized spacial score (nSPS) is 10.2. The van der Waals surface area contributed by atoms with Crippen LogP contribution in [0.15, 0.2) is 34.1 Å². The number of carbonyl (C=O) groups is 1. The molecule has 0 N–H and O–H groups in total. The van der Waals surface area contributed by atoms with Gasteiger partial charge in [-0.3, -0.25) is 0 Å². The summed E-state index contributed by atoms with van der Waals surface area (Å²) in [5.41, 5.74) is 3.41. The number of hydrogen-bond donors (Lipinski definition) is 0. The average Bonchev–Trinajstić information content (AvgIpc) is 2.89. The Morgan fingerprint density at radius 1 is 1.41 bits per heavy atom. The molecule has 0 saturated heterocycles. The molecule has 88 valence electrons. The summed E-state index contributed by atoms with van der Waals surface area (Å²) >= 11 is 3.15. The van der Waals surface area contributed by atoms with Gasteiger partial charge >= 0.3 is 5.97 Å². The van der Waals surface area contributed by atoms with Crippen LogP contribution in [-0.4, -0.2) is 23.3 Å². The Kier molecular flexibility index (Phi) is 4.11. The van der Waals surface area contributed by atoms with Crippen molar-refractivity contribution < 1.29 is 9.53 Å². The van der Waals surface area contributed by atoms with Crippen LogP contribution >= 0.6 is 23.1 Å². The van der Waals surface area contributed by atoms with E-state index >= 15 is 0 Å². The Hall–Kier alpha value is -1.40. The summed E-state index contributed by atoms with van der Waals surface area (Å²) in [4.78, 5) is 11.2. The summed E-state index contributed by atoms with van der Waals surface area (Å²) in [7, 11) is 1.38. The molecule has 1 heterocycles. The number of thioether (sulfide) groups is 1. The molecule has 4 nitrogen and oxygen atoms in total. The molecule has 0 saturated carbocycles. The number of rotatable bonds is 4. The van der Waals surface area contributed by atoms with E-state index in [4.69, 9.17) is 0 Å². The Bertz CT molecular complexity index is 483. The van der Waals surface area contributed by atoms with Gasteiger partial charge in [-0.15, -0.1) is 10.2 Å². The molecule has 0 radical (unpaired) electrons. The van der Waals surface area contributed by atoms with E-state index in [-0.39, 0.29) is 5.97 Å². The fourth-order valence-corrected chi connectivity index (χ4v) is 2.67. The Morgan fingerprint density at radius 3 is 2.76 bits per heavy atom. The predicted molar refractivity (Wildman–Crippen MR) is 67.3 cm³/mol. The molecule has 1 aromatic carbocycles. The summed E-state index contributed by atoms with van der Waals surface area (Å²) in [6.45, 7) is 0. The second kappa shape index (κ2) is 5.79. The zero-order valence-electron chi connectivity index (χ0n) is 9.12. The van der Waals surface area contributed by atoms with E-state index in [2.05, 4.69) is 14.9 Å². The van der Waals surface area contributed by atoms with Crippen LogP contribution < -0.4 is 0 Å². The average molecular weight is 266 g/mol. The first-order valence-electron chi connectivity index (χ1n) is 4.86. The maximum absolute atomic E-state index is 11.2. The molecule has 0 fully saturated rings. The van der Waals surface area contributed by atoms with Crippen molar-refractivity contribution in [3.63, 3.8) is 0 Å². The zero-order valence-corrected chi connectivity index (χ0v) is 10.8. The SMILES string of the molecule is COC(=O)c1ccc(CSc2nncs2)cc1. The van der Waals surface area contributed by atoms with Gasteiger partial charge in [-0.2, -0.15) is 0 Å². The lowest BCUT2D eigenvalue weighted by atomic mass is 10.1. The molecule has 1 aromatic heterocycles. The van der Waals surface area contributed by atoms with Crippen LogP contribution in [0.4, 0.5) is 0 Å². The summed E-state index contributed by atoms with van der Waals surface area (Å²) < 4.78 is 5.58. The van der Waals surface area contributed by atoms with Gasteiger partial charge in [0.25, 0.3) is 0 Å². The lowest BCUT2D eigenvalue weighted by Crippen LogP contribution is -2.00. The minimum Gasteiger partial charge on any atom is -0.465 e. The van der Waals surface area contributed by atoms with Crippen molar-refractivity contribution in [1.29, 1.82) is 0 Å². The Morgan fingerprint density at radius 2 is 2.18 bits per heavy atom. The predicted octanol–water partition coefficient (Wildman–Crippen LogP) is 2.62. The van der Waals surface area contributed by atoms with Crippen molar-refractivity contribution in [1.82, 2.24) is 10.2 Å². The van der Waals surface area contributed by atoms with Crippen LogP contribution in [0.1, 0.15) is 15.9 Å². The molecule has 0 atom stereocenters. The van der Waals surface area contributed by atoms with Crippen LogP contribution in [-0.2, 0) is 10.5 Å². The number of aromatic nitrogens is 2. The Labute approximate surface area is 107 Å². The summed E-state index contributed by atoms with van der Waals surface area (Å²) in [6.07, 6.45) is 0. The highest BCUT2D eigenvalue weighted by atomic mass is 32.2. The maximum Gasteiger partial charge on any atom is 0.337 e. The largest absolute Gasteiger partial charge is 0.465 e. The summed E-state index contributed by atoms with van der Waals surface area (Å²) in [5.74, 6) is 0.504. The standard InChI is InChI=1S/C11H10N2O2S2/c1-15-10(14)9-4-2-8(3-5-9)6-16-11-13-12-7-17-11/h2-5,7H,6H2,1H3. The number of ether oxygens (including phenoxy) is 1. The molecule has 0 bridgehead atoms. The quantitative estimate of drug-likeness (QED) is 0.629. The topological polar surface area (TPSA) is 52.1 Å². The molecule has 6 heteroatoms. The first kappa shape index (κ1) is 12.1. The molecule has 0 aliphatic heterocycles. The molecular formula is C11H10N2O2S2. The van der Waals surface area contributed by atoms with Gasteiger partial charge < -0.3 is 4.74 Å². The van der Waals surface area contributed by atoms with Gasteiger partial charge in [0.2, 0.25) is 0 Å². The number of benzene rings is 1. The van der Waals surface area contributed by atoms with Crippen LogP contribution in [0.5, 0.6) is 0 Å². The van der Waals surface area contributed by atoms with Crippen LogP contribution in [0.25, 0.3) is 0 Å². The minimum absolute atomic E-state index is 0.312. The van der Waals surface area contributed by atoms with Crippen LogP contribution in [0, 0.1) is 0 Å². The number of nitrogens with zero attached hydrogens (tertiary/aromatic N) is 2. The first-order chi connectivity index (χ1) is 8.29. The monoisotopic (exact) mass is 266 g/mol. The van der Waals surface area contributed by atoms with E-state index in [0.717, 1.165) is 15.7 Å². The lowest BCUT2D eigenvalue weighted by Gasteiger charge is -2.01. The highest BCUT2D eigenvalue weighted by Crippen LogP contribution is 2.23. The van der Waals surface area contributed by atoms with Gasteiger partial charge in [0.15, 0.2) is 4.34 Å². The smallest absolute Gasteiger partial charge is 0.337 e. The number of carbonyl (C=O) groups excluding carboxylic acids is 1. The molecular weight excluding hydrogens is 256 g/mol. The lowest BCUT2D eigenvalue weighted by molar-refractivity contribution is 0.0601. The van der Waals surface area contributed by atoms with Gasteiger partial charge in [-0.1, -0.05) is 35.2 Å². The molecule has 0 spiro atoms. The number of methoxy groups -OCH3 is 1. The van der Waals surface area contributed by atoms with Crippen LogP contribution in [0.2, 0.25) is 0 Å². The third-order valence-corrected chi connectivity index (χ3v) is 4.01. The van der Waals surface area contributed by atoms with E-state index in [1.807, 2.05) is 12.1 Å². The van der Waals surface area contributed by atoms with Gasteiger partial charge in [-0.25, -0.2) is 4.79 Å². The third kappa shape index (κ3) is 3.28. The second-order valence-corrected chi connectivity index (χ2v) is 5.24. The van der Waals surface area contributed by atoms with Crippen molar-refractivity contribution in [3.8, 4) is 0 Å². The van der Waals surface area contributed by atoms with E-state index in [9.17, 15) is 4.79 Å². The molecule has 0 aliphatic carbocycles. The fourth-order valence-electron chi connectivity index (χ4n) is 1.23. The number of esters is 1. The Balaban J connectivity index is 1.96. The van der Waals surface area contributed by atoms with Crippen molar-refractivity contribution in [2.45, 2.75) is 10.1 Å². The van der Waals surface area contributed by atoms with Gasteiger partial charge in [0.1, 0.15) is 5.51 Å². The van der Waals surface area contributed by atoms with E-state index < -0.39 is 0 Å². The highest BCUT2D eigenvalue weighted by molar-refractivity contribution is 8.00. The van der Waals surface area contributed by atoms with Gasteiger partial charge in [-0.05, 0) is 17.7 Å². The molecule has 17 heavy (non-hydrogen) atoms. The van der Waals surface area contributed by atoms with Crippen molar-refractivity contribution in [3.05, 3.63) is 40.9 Å². The molecule has 0 unspecified atom stereocenters. The van der Waals surface area contributed by atoms with Crippen LogP contribution in [0.3, 0.4) is 0 Å². The van der Waals surface area contributed by atoms with Gasteiger partial charge in [0, 0.05) is 5.75 Å². The molecule has 2 rings (SSSR count). The molecule has 0 aliphatic rings. The van der Waals surface area contributed by atoms with Gasteiger partial charge in [0.05, 0.1) is 12.7 Å². The first-order valence-corrected chi connectivity index (χ1v) is 6.72. The van der Waals surface area contributed by atoms with Crippen molar-refractivity contribution in [2.75, 3.05) is 7.11 Å².